The Kier molecular flexibility index (Phi) is 6.36. The van der Waals surface area contributed by atoms with Crippen LogP contribution in [0.4, 0.5) is 14.9 Å². The summed E-state index contributed by atoms with van der Waals surface area (Å²) < 4.78 is 23.8. The van der Waals surface area contributed by atoms with Gasteiger partial charge in [0.15, 0.2) is 0 Å². The van der Waals surface area contributed by atoms with Crippen molar-refractivity contribution >= 4 is 11.7 Å². The van der Waals surface area contributed by atoms with Crippen LogP contribution in [0.1, 0.15) is 35.5 Å². The standard InChI is InChI=1S/C31H28FN5O2/c1-3-39-26-15-7-10-22(18-26)29-28-16-9-17-35(28)30-27(21(2)34-37(30)25-13-5-4-6-14-25)20-36(29)31(38)33-24-12-8-11-23(32)19-24/h4-19,29H,3,20H2,1-2H3,(H,33,38). The number of rotatable bonds is 5. The Hall–Kier alpha value is -4.85. The van der Waals surface area contributed by atoms with Crippen molar-refractivity contribution in [1.29, 1.82) is 0 Å². The molecule has 1 aliphatic heterocycles. The third-order valence-corrected chi connectivity index (χ3v) is 6.91. The first-order valence-electron chi connectivity index (χ1n) is 12.9. The number of aromatic nitrogens is 3. The first-order valence-corrected chi connectivity index (χ1v) is 12.9. The molecular weight excluding hydrogens is 493 g/mol. The number of para-hydroxylation sites is 1. The van der Waals surface area contributed by atoms with Crippen LogP contribution in [-0.2, 0) is 6.54 Å². The van der Waals surface area contributed by atoms with E-state index in [-0.39, 0.29) is 6.03 Å². The lowest BCUT2D eigenvalue weighted by Crippen LogP contribution is -2.38. The molecule has 2 aromatic heterocycles. The van der Waals surface area contributed by atoms with E-state index in [1.165, 1.54) is 12.1 Å². The van der Waals surface area contributed by atoms with E-state index in [1.807, 2.05) is 91.5 Å². The van der Waals surface area contributed by atoms with Gasteiger partial charge in [-0.05, 0) is 74.0 Å². The van der Waals surface area contributed by atoms with Crippen LogP contribution < -0.4 is 10.1 Å². The maximum atomic E-state index is 14.0. The second-order valence-electron chi connectivity index (χ2n) is 9.41. The minimum absolute atomic E-state index is 0.292. The summed E-state index contributed by atoms with van der Waals surface area (Å²) in [6, 6.07) is 26.9. The molecule has 5 aromatic rings. The van der Waals surface area contributed by atoms with Crippen molar-refractivity contribution < 1.29 is 13.9 Å². The number of carbonyl (C=O) groups excluding carboxylic acids is 1. The highest BCUT2D eigenvalue weighted by Gasteiger charge is 2.36. The molecule has 1 unspecified atom stereocenters. The van der Waals surface area contributed by atoms with E-state index in [9.17, 15) is 9.18 Å². The quantitative estimate of drug-likeness (QED) is 0.282. The average molecular weight is 522 g/mol. The van der Waals surface area contributed by atoms with Crippen molar-refractivity contribution in [2.75, 3.05) is 11.9 Å². The maximum Gasteiger partial charge on any atom is 0.322 e. The van der Waals surface area contributed by atoms with Crippen molar-refractivity contribution in [3.63, 3.8) is 0 Å². The molecule has 0 spiro atoms. The molecule has 2 amide bonds. The molecule has 1 atom stereocenters. The van der Waals surface area contributed by atoms with Gasteiger partial charge >= 0.3 is 6.03 Å². The zero-order valence-corrected chi connectivity index (χ0v) is 21.7. The van der Waals surface area contributed by atoms with Crippen LogP contribution >= 0.6 is 0 Å². The second kappa shape index (κ2) is 10.1. The molecular formula is C31H28FN5O2. The molecule has 3 heterocycles. The summed E-state index contributed by atoms with van der Waals surface area (Å²) in [6.45, 7) is 4.73. The van der Waals surface area contributed by atoms with Gasteiger partial charge in [0, 0.05) is 17.4 Å². The van der Waals surface area contributed by atoms with E-state index in [4.69, 9.17) is 9.84 Å². The number of benzene rings is 3. The smallest absolute Gasteiger partial charge is 0.322 e. The van der Waals surface area contributed by atoms with E-state index in [0.717, 1.165) is 39.8 Å². The number of anilines is 1. The summed E-state index contributed by atoms with van der Waals surface area (Å²) in [4.78, 5) is 15.8. The highest BCUT2D eigenvalue weighted by molar-refractivity contribution is 5.90. The zero-order valence-electron chi connectivity index (χ0n) is 21.7. The Balaban J connectivity index is 1.53. The minimum Gasteiger partial charge on any atom is -0.494 e. The highest BCUT2D eigenvalue weighted by atomic mass is 19.1. The van der Waals surface area contributed by atoms with E-state index in [2.05, 4.69) is 9.88 Å². The van der Waals surface area contributed by atoms with Gasteiger partial charge in [0.2, 0.25) is 0 Å². The lowest BCUT2D eigenvalue weighted by Gasteiger charge is -2.31. The molecule has 0 fully saturated rings. The Morgan fingerprint density at radius 3 is 2.64 bits per heavy atom. The Bertz CT molecular complexity index is 1640. The van der Waals surface area contributed by atoms with E-state index in [1.54, 1.807) is 17.0 Å². The number of fused-ring (bicyclic) bond motifs is 3. The van der Waals surface area contributed by atoms with Crippen molar-refractivity contribution in [1.82, 2.24) is 19.2 Å². The van der Waals surface area contributed by atoms with Gasteiger partial charge in [-0.25, -0.2) is 13.9 Å². The molecule has 39 heavy (non-hydrogen) atoms. The Morgan fingerprint density at radius 2 is 1.85 bits per heavy atom. The molecule has 0 saturated heterocycles. The molecule has 0 radical (unpaired) electrons. The van der Waals surface area contributed by atoms with E-state index < -0.39 is 11.9 Å². The van der Waals surface area contributed by atoms with Crippen LogP contribution in [0.3, 0.4) is 0 Å². The van der Waals surface area contributed by atoms with Crippen molar-refractivity contribution in [3.8, 4) is 17.3 Å². The SMILES string of the molecule is CCOc1cccc(C2c3cccn3-c3c(c(C)nn3-c3ccccc3)CN2C(=O)Nc2cccc(F)c2)c1. The van der Waals surface area contributed by atoms with Gasteiger partial charge < -0.3 is 19.5 Å². The number of carbonyl (C=O) groups is 1. The average Bonchev–Trinajstić information content (AvgIpc) is 3.50. The van der Waals surface area contributed by atoms with Gasteiger partial charge in [-0.15, -0.1) is 0 Å². The van der Waals surface area contributed by atoms with Crippen LogP contribution in [0.5, 0.6) is 5.75 Å². The second-order valence-corrected chi connectivity index (χ2v) is 9.41. The fourth-order valence-electron chi connectivity index (χ4n) is 5.20. The van der Waals surface area contributed by atoms with Gasteiger partial charge in [-0.1, -0.05) is 36.4 Å². The predicted octanol–water partition coefficient (Wildman–Crippen LogP) is 6.65. The minimum atomic E-state index is -0.454. The number of ether oxygens (including phenoxy) is 1. The number of aryl methyl sites for hydroxylation is 1. The molecule has 0 saturated carbocycles. The van der Waals surface area contributed by atoms with E-state index in [0.29, 0.717) is 18.8 Å². The summed E-state index contributed by atoms with van der Waals surface area (Å²) in [5.74, 6) is 1.19. The Morgan fingerprint density at radius 1 is 1.03 bits per heavy atom. The van der Waals surface area contributed by atoms with Crippen molar-refractivity contribution in [3.05, 3.63) is 126 Å². The summed E-state index contributed by atoms with van der Waals surface area (Å²) in [5, 5.41) is 7.79. The third-order valence-electron chi connectivity index (χ3n) is 6.91. The monoisotopic (exact) mass is 521 g/mol. The lowest BCUT2D eigenvalue weighted by atomic mass is 10.0. The number of hydrogen-bond acceptors (Lipinski definition) is 3. The van der Waals surface area contributed by atoms with Gasteiger partial charge in [-0.3, -0.25) is 0 Å². The largest absolute Gasteiger partial charge is 0.494 e. The van der Waals surface area contributed by atoms with Gasteiger partial charge in [-0.2, -0.15) is 5.10 Å². The Labute approximate surface area is 226 Å². The van der Waals surface area contributed by atoms with Crippen LogP contribution in [0.15, 0.2) is 97.2 Å². The number of nitrogens with one attached hydrogen (secondary N) is 1. The van der Waals surface area contributed by atoms with Gasteiger partial charge in [0.05, 0.1) is 36.3 Å². The number of nitrogens with zero attached hydrogens (tertiary/aromatic N) is 4. The van der Waals surface area contributed by atoms with Crippen LogP contribution in [0, 0.1) is 12.7 Å². The van der Waals surface area contributed by atoms with Crippen molar-refractivity contribution in [2.24, 2.45) is 0 Å². The topological polar surface area (TPSA) is 64.3 Å². The first-order chi connectivity index (χ1) is 19.0. The highest BCUT2D eigenvalue weighted by Crippen LogP contribution is 2.39. The number of urea groups is 1. The predicted molar refractivity (Wildman–Crippen MR) is 148 cm³/mol. The normalized spacial score (nSPS) is 14.3. The zero-order chi connectivity index (χ0) is 26.9. The molecule has 1 aliphatic rings. The van der Waals surface area contributed by atoms with Crippen LogP contribution in [0.25, 0.3) is 11.5 Å². The molecule has 7 nitrogen and oxygen atoms in total. The summed E-state index contributed by atoms with van der Waals surface area (Å²) >= 11 is 0. The fraction of sp³-hybridized carbons (Fsp3) is 0.161. The summed E-state index contributed by atoms with van der Waals surface area (Å²) in [7, 11) is 0. The van der Waals surface area contributed by atoms with Crippen LogP contribution in [0.2, 0.25) is 0 Å². The molecule has 0 aliphatic carbocycles. The number of amides is 2. The maximum absolute atomic E-state index is 14.0. The summed E-state index contributed by atoms with van der Waals surface area (Å²) in [6.07, 6.45) is 2.00. The fourth-order valence-corrected chi connectivity index (χ4v) is 5.20. The number of halogens is 1. The van der Waals surface area contributed by atoms with Crippen LogP contribution in [-0.4, -0.2) is 31.9 Å². The number of hydrogen-bond donors (Lipinski definition) is 1. The lowest BCUT2D eigenvalue weighted by molar-refractivity contribution is 0.194. The van der Waals surface area contributed by atoms with Gasteiger partial charge in [0.1, 0.15) is 17.4 Å². The molecule has 6 rings (SSSR count). The molecule has 1 N–H and O–H groups in total. The molecule has 0 bridgehead atoms. The summed E-state index contributed by atoms with van der Waals surface area (Å²) in [5.41, 5.74) is 4.86. The van der Waals surface area contributed by atoms with E-state index >= 15 is 0 Å². The third kappa shape index (κ3) is 4.54. The molecule has 196 valence electrons. The first kappa shape index (κ1) is 24.5. The molecule has 8 heteroatoms. The molecule has 3 aromatic carbocycles. The van der Waals surface area contributed by atoms with Crippen molar-refractivity contribution in [2.45, 2.75) is 26.4 Å². The van der Waals surface area contributed by atoms with Gasteiger partial charge in [0.25, 0.3) is 0 Å².